The number of ether oxygens (including phenoxy) is 1. The minimum atomic E-state index is 0.760. The second kappa shape index (κ2) is 6.54. The summed E-state index contributed by atoms with van der Waals surface area (Å²) in [6.45, 7) is 6.18. The Morgan fingerprint density at radius 2 is 2.00 bits per heavy atom. The molecular formula is C16H20N4O. The van der Waals surface area contributed by atoms with Crippen molar-refractivity contribution in [3.8, 4) is 0 Å². The molecule has 3 rings (SSSR count). The highest BCUT2D eigenvalue weighted by molar-refractivity contribution is 5.49. The fourth-order valence-corrected chi connectivity index (χ4v) is 2.40. The van der Waals surface area contributed by atoms with E-state index < -0.39 is 0 Å². The molecule has 2 heterocycles. The van der Waals surface area contributed by atoms with Crippen LogP contribution in [0.2, 0.25) is 0 Å². The van der Waals surface area contributed by atoms with Crippen molar-refractivity contribution in [3.63, 3.8) is 0 Å². The number of aromatic nitrogens is 2. The Bertz CT molecular complexity index is 596. The molecule has 0 amide bonds. The van der Waals surface area contributed by atoms with Crippen LogP contribution < -0.4 is 10.2 Å². The molecule has 21 heavy (non-hydrogen) atoms. The number of morpholine rings is 1. The van der Waals surface area contributed by atoms with Crippen LogP contribution in [-0.4, -0.2) is 36.3 Å². The molecule has 1 saturated heterocycles. The van der Waals surface area contributed by atoms with Crippen LogP contribution in [0.5, 0.6) is 0 Å². The predicted molar refractivity (Wildman–Crippen MR) is 83.6 cm³/mol. The molecule has 1 aliphatic heterocycles. The first-order valence-electron chi connectivity index (χ1n) is 7.26. The van der Waals surface area contributed by atoms with Crippen LogP contribution in [0.1, 0.15) is 11.1 Å². The van der Waals surface area contributed by atoms with Gasteiger partial charge in [-0.25, -0.2) is 9.97 Å². The zero-order valence-electron chi connectivity index (χ0n) is 12.2. The van der Waals surface area contributed by atoms with E-state index in [0.29, 0.717) is 0 Å². The van der Waals surface area contributed by atoms with Gasteiger partial charge in [-0.3, -0.25) is 0 Å². The Balaban J connectivity index is 1.67. The van der Waals surface area contributed by atoms with Crippen LogP contribution in [0.25, 0.3) is 0 Å². The molecular weight excluding hydrogens is 264 g/mol. The van der Waals surface area contributed by atoms with Gasteiger partial charge in [-0.15, -0.1) is 0 Å². The largest absolute Gasteiger partial charge is 0.378 e. The second-order valence-electron chi connectivity index (χ2n) is 5.14. The highest BCUT2D eigenvalue weighted by Gasteiger charge is 2.12. The summed E-state index contributed by atoms with van der Waals surface area (Å²) in [6.07, 6.45) is 1.62. The number of hydrogen-bond acceptors (Lipinski definition) is 5. The van der Waals surface area contributed by atoms with E-state index >= 15 is 0 Å². The molecule has 5 heteroatoms. The Hall–Kier alpha value is -2.14. The third kappa shape index (κ3) is 3.49. The number of nitrogens with zero attached hydrogens (tertiary/aromatic N) is 3. The summed E-state index contributed by atoms with van der Waals surface area (Å²) >= 11 is 0. The summed E-state index contributed by atoms with van der Waals surface area (Å²) in [5.74, 6) is 1.82. The van der Waals surface area contributed by atoms with Crippen molar-refractivity contribution in [2.45, 2.75) is 13.5 Å². The summed E-state index contributed by atoms with van der Waals surface area (Å²) in [6, 6.07) is 10.4. The minimum absolute atomic E-state index is 0.760. The Morgan fingerprint density at radius 3 is 2.81 bits per heavy atom. The van der Waals surface area contributed by atoms with E-state index in [9.17, 15) is 0 Å². The molecule has 1 aliphatic rings. The molecule has 1 fully saturated rings. The average molecular weight is 284 g/mol. The lowest BCUT2D eigenvalue weighted by Gasteiger charge is -2.27. The van der Waals surface area contributed by atoms with Crippen LogP contribution in [0.3, 0.4) is 0 Å². The zero-order valence-corrected chi connectivity index (χ0v) is 12.2. The van der Waals surface area contributed by atoms with Crippen molar-refractivity contribution < 1.29 is 4.74 Å². The number of anilines is 2. The van der Waals surface area contributed by atoms with Crippen LogP contribution in [0.15, 0.2) is 36.7 Å². The fourth-order valence-electron chi connectivity index (χ4n) is 2.40. The Labute approximate surface area is 125 Å². The predicted octanol–water partition coefficient (Wildman–Crippen LogP) is 2.23. The second-order valence-corrected chi connectivity index (χ2v) is 5.14. The number of benzene rings is 1. The van der Waals surface area contributed by atoms with Crippen molar-refractivity contribution in [1.29, 1.82) is 0 Å². The average Bonchev–Trinajstić information content (AvgIpc) is 2.55. The summed E-state index contributed by atoms with van der Waals surface area (Å²) in [7, 11) is 0. The van der Waals surface area contributed by atoms with E-state index in [1.165, 1.54) is 11.1 Å². The lowest BCUT2D eigenvalue weighted by Crippen LogP contribution is -2.36. The molecule has 2 aromatic rings. The van der Waals surface area contributed by atoms with Gasteiger partial charge in [-0.2, -0.15) is 0 Å². The molecule has 1 aromatic carbocycles. The molecule has 0 spiro atoms. The van der Waals surface area contributed by atoms with Crippen LogP contribution >= 0.6 is 0 Å². The maximum atomic E-state index is 5.37. The van der Waals surface area contributed by atoms with Gasteiger partial charge in [0, 0.05) is 25.7 Å². The molecule has 1 aromatic heterocycles. The maximum absolute atomic E-state index is 5.37. The Morgan fingerprint density at radius 1 is 1.19 bits per heavy atom. The first-order chi connectivity index (χ1) is 10.3. The molecule has 0 atom stereocenters. The van der Waals surface area contributed by atoms with E-state index in [1.807, 2.05) is 6.07 Å². The minimum Gasteiger partial charge on any atom is -0.378 e. The van der Waals surface area contributed by atoms with Gasteiger partial charge < -0.3 is 15.0 Å². The van der Waals surface area contributed by atoms with E-state index in [-0.39, 0.29) is 0 Å². The molecule has 0 aliphatic carbocycles. The summed E-state index contributed by atoms with van der Waals surface area (Å²) in [5.41, 5.74) is 2.57. The van der Waals surface area contributed by atoms with Gasteiger partial charge in [0.2, 0.25) is 0 Å². The van der Waals surface area contributed by atoms with Crippen molar-refractivity contribution in [2.75, 3.05) is 36.5 Å². The van der Waals surface area contributed by atoms with Crippen molar-refractivity contribution in [3.05, 3.63) is 47.8 Å². The molecule has 0 unspecified atom stereocenters. The summed E-state index contributed by atoms with van der Waals surface area (Å²) in [4.78, 5) is 10.9. The van der Waals surface area contributed by atoms with Gasteiger partial charge in [0.05, 0.1) is 13.2 Å². The van der Waals surface area contributed by atoms with E-state index in [4.69, 9.17) is 4.74 Å². The van der Waals surface area contributed by atoms with Gasteiger partial charge in [0.1, 0.15) is 18.0 Å². The number of rotatable bonds is 4. The highest BCUT2D eigenvalue weighted by atomic mass is 16.5. The van der Waals surface area contributed by atoms with E-state index in [2.05, 4.69) is 51.4 Å². The van der Waals surface area contributed by atoms with Crippen LogP contribution in [0.4, 0.5) is 11.6 Å². The van der Waals surface area contributed by atoms with Crippen LogP contribution in [-0.2, 0) is 11.3 Å². The first kappa shape index (κ1) is 13.8. The number of aryl methyl sites for hydroxylation is 1. The first-order valence-corrected chi connectivity index (χ1v) is 7.26. The SMILES string of the molecule is Cc1ccccc1CNc1cc(N2CCOCC2)ncn1. The zero-order chi connectivity index (χ0) is 14.5. The molecule has 1 N–H and O–H groups in total. The smallest absolute Gasteiger partial charge is 0.134 e. The summed E-state index contributed by atoms with van der Waals surface area (Å²) in [5, 5.41) is 3.37. The lowest BCUT2D eigenvalue weighted by molar-refractivity contribution is 0.122. The Kier molecular flexibility index (Phi) is 4.31. The maximum Gasteiger partial charge on any atom is 0.134 e. The van der Waals surface area contributed by atoms with Gasteiger partial charge in [-0.05, 0) is 18.1 Å². The fraction of sp³-hybridized carbons (Fsp3) is 0.375. The van der Waals surface area contributed by atoms with Crippen LogP contribution in [0, 0.1) is 6.92 Å². The number of hydrogen-bond donors (Lipinski definition) is 1. The quantitative estimate of drug-likeness (QED) is 0.933. The third-order valence-corrected chi connectivity index (χ3v) is 3.71. The van der Waals surface area contributed by atoms with Crippen molar-refractivity contribution >= 4 is 11.6 Å². The third-order valence-electron chi connectivity index (χ3n) is 3.71. The van der Waals surface area contributed by atoms with Gasteiger partial charge in [0.15, 0.2) is 0 Å². The standard InChI is InChI=1S/C16H20N4O/c1-13-4-2-3-5-14(13)11-17-15-10-16(19-12-18-15)20-6-8-21-9-7-20/h2-5,10,12H,6-9,11H2,1H3,(H,17,18,19). The lowest BCUT2D eigenvalue weighted by atomic mass is 10.1. The van der Waals surface area contributed by atoms with Crippen molar-refractivity contribution in [1.82, 2.24) is 9.97 Å². The molecule has 0 saturated carbocycles. The van der Waals surface area contributed by atoms with Crippen molar-refractivity contribution in [2.24, 2.45) is 0 Å². The van der Waals surface area contributed by atoms with E-state index in [1.54, 1.807) is 6.33 Å². The summed E-state index contributed by atoms with van der Waals surface area (Å²) < 4.78 is 5.37. The molecule has 0 radical (unpaired) electrons. The molecule has 0 bridgehead atoms. The van der Waals surface area contributed by atoms with Gasteiger partial charge >= 0.3 is 0 Å². The number of nitrogens with one attached hydrogen (secondary N) is 1. The monoisotopic (exact) mass is 284 g/mol. The molecule has 110 valence electrons. The normalized spacial score (nSPS) is 15.0. The van der Waals surface area contributed by atoms with E-state index in [0.717, 1.165) is 44.5 Å². The topological polar surface area (TPSA) is 50.3 Å². The van der Waals surface area contributed by atoms with Gasteiger partial charge in [0.25, 0.3) is 0 Å². The van der Waals surface area contributed by atoms with Gasteiger partial charge in [-0.1, -0.05) is 24.3 Å². The highest BCUT2D eigenvalue weighted by Crippen LogP contribution is 2.16. The molecule has 5 nitrogen and oxygen atoms in total.